The van der Waals surface area contributed by atoms with E-state index in [2.05, 4.69) is 15.5 Å². The second-order valence-corrected chi connectivity index (χ2v) is 9.22. The second kappa shape index (κ2) is 12.6. The Morgan fingerprint density at radius 1 is 0.941 bits per heavy atom. The third-order valence-electron chi connectivity index (χ3n) is 6.94. The molecular weight excluding hydrogens is 430 g/mol. The van der Waals surface area contributed by atoms with E-state index in [9.17, 15) is 14.4 Å². The fourth-order valence-corrected chi connectivity index (χ4v) is 4.87. The number of nitrogens with one attached hydrogen (secondary N) is 2. The second-order valence-electron chi connectivity index (χ2n) is 9.22. The van der Waals surface area contributed by atoms with Crippen LogP contribution in [-0.4, -0.2) is 73.0 Å². The van der Waals surface area contributed by atoms with Crippen molar-refractivity contribution in [2.45, 2.75) is 71.8 Å². The lowest BCUT2D eigenvalue weighted by atomic mass is 9.96. The number of benzene rings is 1. The molecule has 2 aliphatic rings. The maximum absolute atomic E-state index is 13.4. The molecule has 8 heteroatoms. The maximum atomic E-state index is 13.4. The summed E-state index contributed by atoms with van der Waals surface area (Å²) >= 11 is 0. The van der Waals surface area contributed by atoms with E-state index in [1.807, 2.05) is 30.9 Å². The molecule has 1 aromatic rings. The topological polar surface area (TPSA) is 85.0 Å². The largest absolute Gasteiger partial charge is 0.369 e. The molecule has 1 saturated heterocycles. The number of amides is 4. The highest BCUT2D eigenvalue weighted by Gasteiger charge is 2.26. The quantitative estimate of drug-likeness (QED) is 0.628. The zero-order valence-electron chi connectivity index (χ0n) is 21.1. The molecular formula is C26H41N5O3. The lowest BCUT2D eigenvalue weighted by molar-refractivity contribution is -0.115. The predicted molar refractivity (Wildman–Crippen MR) is 136 cm³/mol. The Bertz CT molecular complexity index is 849. The fraction of sp³-hybridized carbons (Fsp3) is 0.654. The summed E-state index contributed by atoms with van der Waals surface area (Å²) in [4.78, 5) is 44.1. The van der Waals surface area contributed by atoms with Gasteiger partial charge in [0.25, 0.3) is 5.91 Å². The van der Waals surface area contributed by atoms with Gasteiger partial charge in [0.2, 0.25) is 5.91 Å². The van der Waals surface area contributed by atoms with Gasteiger partial charge in [0, 0.05) is 63.1 Å². The molecule has 0 unspecified atom stereocenters. The van der Waals surface area contributed by atoms with E-state index >= 15 is 0 Å². The Labute approximate surface area is 204 Å². The van der Waals surface area contributed by atoms with E-state index in [0.717, 1.165) is 31.5 Å². The third kappa shape index (κ3) is 6.64. The van der Waals surface area contributed by atoms with Gasteiger partial charge in [-0.1, -0.05) is 26.2 Å². The van der Waals surface area contributed by atoms with E-state index in [1.165, 1.54) is 19.3 Å². The average Bonchev–Trinajstić information content (AvgIpc) is 3.11. The van der Waals surface area contributed by atoms with E-state index in [4.69, 9.17) is 0 Å². The van der Waals surface area contributed by atoms with Crippen molar-refractivity contribution in [2.75, 3.05) is 49.5 Å². The molecule has 1 saturated carbocycles. The first-order chi connectivity index (χ1) is 16.5. The molecule has 188 valence electrons. The molecule has 4 amide bonds. The van der Waals surface area contributed by atoms with E-state index < -0.39 is 0 Å². The summed E-state index contributed by atoms with van der Waals surface area (Å²) in [5, 5.41) is 6.11. The van der Waals surface area contributed by atoms with Gasteiger partial charge in [-0.2, -0.15) is 0 Å². The molecule has 8 nitrogen and oxygen atoms in total. The summed E-state index contributed by atoms with van der Waals surface area (Å²) in [5.41, 5.74) is 2.09. The van der Waals surface area contributed by atoms with Gasteiger partial charge in [0.1, 0.15) is 0 Å². The van der Waals surface area contributed by atoms with Gasteiger partial charge in [-0.3, -0.25) is 9.59 Å². The summed E-state index contributed by atoms with van der Waals surface area (Å²) in [6.45, 7) is 9.75. The molecule has 1 aliphatic heterocycles. The molecule has 2 fully saturated rings. The van der Waals surface area contributed by atoms with Crippen molar-refractivity contribution in [3.63, 3.8) is 0 Å². The number of rotatable bonds is 7. The van der Waals surface area contributed by atoms with Crippen LogP contribution in [0, 0.1) is 0 Å². The lowest BCUT2D eigenvalue weighted by Crippen LogP contribution is -2.46. The molecule has 3 rings (SSSR count). The molecule has 1 aliphatic carbocycles. The number of nitrogens with zero attached hydrogens (tertiary/aromatic N) is 3. The molecule has 34 heavy (non-hydrogen) atoms. The van der Waals surface area contributed by atoms with Crippen molar-refractivity contribution >= 4 is 29.2 Å². The van der Waals surface area contributed by atoms with E-state index in [-0.39, 0.29) is 17.8 Å². The van der Waals surface area contributed by atoms with Gasteiger partial charge in [-0.25, -0.2) is 4.79 Å². The first kappa shape index (κ1) is 25.8. The predicted octanol–water partition coefficient (Wildman–Crippen LogP) is 4.07. The van der Waals surface area contributed by atoms with Crippen molar-refractivity contribution in [3.8, 4) is 0 Å². The highest BCUT2D eigenvalue weighted by Crippen LogP contribution is 2.27. The highest BCUT2D eigenvalue weighted by molar-refractivity contribution is 6.02. The standard InChI is InChI=1S/C26H41N5O3/c1-4-24(32)27-21-13-14-23(22(19-21)25(33)29(5-2)6-3)30-15-10-16-31(18-17-30)26(34)28-20-11-8-7-9-12-20/h13-14,19-20H,4-12,15-18H2,1-3H3,(H,27,32)(H,28,34). The van der Waals surface area contributed by atoms with Crippen molar-refractivity contribution in [1.82, 2.24) is 15.1 Å². The lowest BCUT2D eigenvalue weighted by Gasteiger charge is -2.29. The number of hydrogen-bond donors (Lipinski definition) is 2. The number of carbonyl (C=O) groups excluding carboxylic acids is 3. The molecule has 0 bridgehead atoms. The van der Waals surface area contributed by atoms with Gasteiger partial charge in [0.15, 0.2) is 0 Å². The van der Waals surface area contributed by atoms with Crippen molar-refractivity contribution in [3.05, 3.63) is 23.8 Å². The summed E-state index contributed by atoms with van der Waals surface area (Å²) in [7, 11) is 0. The number of carbonyl (C=O) groups is 3. The Kier molecular flexibility index (Phi) is 9.60. The van der Waals surface area contributed by atoms with Crippen LogP contribution in [0.3, 0.4) is 0 Å². The first-order valence-electron chi connectivity index (χ1n) is 13.0. The van der Waals surface area contributed by atoms with Crippen LogP contribution in [0.2, 0.25) is 0 Å². The van der Waals surface area contributed by atoms with Gasteiger partial charge in [-0.15, -0.1) is 0 Å². The van der Waals surface area contributed by atoms with Crippen LogP contribution in [-0.2, 0) is 4.79 Å². The Balaban J connectivity index is 1.75. The molecule has 1 heterocycles. The smallest absolute Gasteiger partial charge is 0.317 e. The zero-order chi connectivity index (χ0) is 24.5. The summed E-state index contributed by atoms with van der Waals surface area (Å²) in [6, 6.07) is 5.91. The van der Waals surface area contributed by atoms with Crippen LogP contribution >= 0.6 is 0 Å². The third-order valence-corrected chi connectivity index (χ3v) is 6.94. The molecule has 0 atom stereocenters. The SMILES string of the molecule is CCC(=O)Nc1ccc(N2CCCN(C(=O)NC3CCCCC3)CC2)c(C(=O)N(CC)CC)c1. The number of hydrogen-bond acceptors (Lipinski definition) is 4. The molecule has 1 aromatic carbocycles. The first-order valence-corrected chi connectivity index (χ1v) is 13.0. The van der Waals surface area contributed by atoms with Crippen LogP contribution in [0.5, 0.6) is 0 Å². The van der Waals surface area contributed by atoms with Crippen LogP contribution in [0.25, 0.3) is 0 Å². The Hall–Kier alpha value is -2.77. The highest BCUT2D eigenvalue weighted by atomic mass is 16.2. The molecule has 0 spiro atoms. The van der Waals surface area contributed by atoms with Crippen molar-refractivity contribution < 1.29 is 14.4 Å². The zero-order valence-corrected chi connectivity index (χ0v) is 21.1. The molecule has 0 radical (unpaired) electrons. The van der Waals surface area contributed by atoms with Gasteiger partial charge in [-0.05, 0) is 51.3 Å². The fourth-order valence-electron chi connectivity index (χ4n) is 4.87. The summed E-state index contributed by atoms with van der Waals surface area (Å²) < 4.78 is 0. The summed E-state index contributed by atoms with van der Waals surface area (Å²) in [5.74, 6) is -0.118. The van der Waals surface area contributed by atoms with Gasteiger partial charge >= 0.3 is 6.03 Å². The van der Waals surface area contributed by atoms with Crippen molar-refractivity contribution in [1.29, 1.82) is 0 Å². The van der Waals surface area contributed by atoms with Crippen LogP contribution < -0.4 is 15.5 Å². The minimum Gasteiger partial charge on any atom is -0.369 e. The normalized spacial score (nSPS) is 17.1. The van der Waals surface area contributed by atoms with Crippen LogP contribution in [0.4, 0.5) is 16.2 Å². The summed E-state index contributed by atoms with van der Waals surface area (Å²) in [6.07, 6.45) is 7.01. The van der Waals surface area contributed by atoms with Crippen LogP contribution in [0.15, 0.2) is 18.2 Å². The van der Waals surface area contributed by atoms with E-state index in [0.29, 0.717) is 56.4 Å². The Morgan fingerprint density at radius 3 is 2.35 bits per heavy atom. The molecule has 0 aromatic heterocycles. The Morgan fingerprint density at radius 2 is 1.68 bits per heavy atom. The van der Waals surface area contributed by atoms with Gasteiger partial charge in [0.05, 0.1) is 5.56 Å². The number of anilines is 2. The monoisotopic (exact) mass is 471 g/mol. The van der Waals surface area contributed by atoms with Gasteiger partial charge < -0.3 is 25.3 Å². The van der Waals surface area contributed by atoms with E-state index in [1.54, 1.807) is 17.9 Å². The van der Waals surface area contributed by atoms with Crippen LogP contribution in [0.1, 0.15) is 76.1 Å². The minimum atomic E-state index is -0.0802. The van der Waals surface area contributed by atoms with Crippen molar-refractivity contribution in [2.24, 2.45) is 0 Å². The minimum absolute atomic E-state index is 0.0332. The molecule has 2 N–H and O–H groups in total. The number of urea groups is 1. The maximum Gasteiger partial charge on any atom is 0.317 e. The average molecular weight is 472 g/mol.